The second-order valence-corrected chi connectivity index (χ2v) is 4.85. The highest BCUT2D eigenvalue weighted by molar-refractivity contribution is 8.03. The minimum Gasteiger partial charge on any atom is -0.373 e. The van der Waals surface area contributed by atoms with Gasteiger partial charge in [-0.2, -0.15) is 5.26 Å². The molecule has 0 amide bonds. The summed E-state index contributed by atoms with van der Waals surface area (Å²) in [4.78, 5) is 0. The first-order valence-electron chi connectivity index (χ1n) is 5.47. The van der Waals surface area contributed by atoms with Crippen LogP contribution in [0.1, 0.15) is 24.0 Å². The minimum absolute atomic E-state index is 0.255. The maximum atomic E-state index is 8.71. The molecular weight excluding hydrogens is 218 g/mol. The number of fused-ring (bicyclic) bond motifs is 1. The molecule has 1 atom stereocenters. The molecule has 0 bridgehead atoms. The van der Waals surface area contributed by atoms with Crippen molar-refractivity contribution in [2.24, 2.45) is 0 Å². The summed E-state index contributed by atoms with van der Waals surface area (Å²) in [6, 6.07) is 8.42. The van der Waals surface area contributed by atoms with Crippen molar-refractivity contribution < 1.29 is 4.74 Å². The molecule has 0 radical (unpaired) electrons. The van der Waals surface area contributed by atoms with Crippen LogP contribution in [0.15, 0.2) is 24.3 Å². The second kappa shape index (κ2) is 4.90. The van der Waals surface area contributed by atoms with Crippen LogP contribution in [0, 0.1) is 10.7 Å². The van der Waals surface area contributed by atoms with E-state index in [0.717, 1.165) is 25.0 Å². The first-order valence-corrected chi connectivity index (χ1v) is 6.45. The highest BCUT2D eigenvalue weighted by Crippen LogP contribution is 2.40. The fourth-order valence-corrected chi connectivity index (χ4v) is 3.17. The monoisotopic (exact) mass is 233 g/mol. The zero-order chi connectivity index (χ0) is 11.4. The molecule has 0 N–H and O–H groups in total. The van der Waals surface area contributed by atoms with Crippen LogP contribution in [-0.4, -0.2) is 12.9 Å². The third-order valence-corrected chi connectivity index (χ3v) is 4.04. The average Bonchev–Trinajstić information content (AvgIpc) is 2.36. The maximum absolute atomic E-state index is 8.71. The number of aryl methyl sites for hydroxylation is 1. The van der Waals surface area contributed by atoms with E-state index < -0.39 is 0 Å². The molecule has 0 aliphatic heterocycles. The van der Waals surface area contributed by atoms with Crippen LogP contribution >= 0.6 is 11.8 Å². The lowest BCUT2D eigenvalue weighted by atomic mass is 9.80. The zero-order valence-corrected chi connectivity index (χ0v) is 10.2. The molecule has 1 aliphatic rings. The van der Waals surface area contributed by atoms with Gasteiger partial charge in [0.2, 0.25) is 0 Å². The number of nitriles is 1. The third-order valence-electron chi connectivity index (χ3n) is 3.30. The van der Waals surface area contributed by atoms with Crippen molar-refractivity contribution in [1.29, 1.82) is 5.26 Å². The van der Waals surface area contributed by atoms with Gasteiger partial charge in [0.15, 0.2) is 0 Å². The van der Waals surface area contributed by atoms with Gasteiger partial charge < -0.3 is 4.74 Å². The molecule has 84 valence electrons. The maximum Gasteiger partial charge on any atom is 0.133 e. The number of methoxy groups -OCH3 is 1. The van der Waals surface area contributed by atoms with Gasteiger partial charge in [0.1, 0.15) is 11.0 Å². The number of thioether (sulfide) groups is 1. The van der Waals surface area contributed by atoms with Crippen molar-refractivity contribution in [2.75, 3.05) is 12.9 Å². The molecule has 0 saturated heterocycles. The Morgan fingerprint density at radius 2 is 2.31 bits per heavy atom. The molecule has 0 saturated carbocycles. The fourth-order valence-electron chi connectivity index (χ4n) is 2.45. The topological polar surface area (TPSA) is 33.0 Å². The van der Waals surface area contributed by atoms with Crippen LogP contribution in [0.3, 0.4) is 0 Å². The quantitative estimate of drug-likeness (QED) is 0.752. The lowest BCUT2D eigenvalue weighted by Crippen LogP contribution is -2.35. The van der Waals surface area contributed by atoms with E-state index in [1.54, 1.807) is 7.11 Å². The first kappa shape index (κ1) is 11.5. The summed E-state index contributed by atoms with van der Waals surface area (Å²) in [5, 5.41) is 10.9. The van der Waals surface area contributed by atoms with Crippen molar-refractivity contribution in [2.45, 2.75) is 24.9 Å². The van der Waals surface area contributed by atoms with Gasteiger partial charge in [-0.3, -0.25) is 0 Å². The van der Waals surface area contributed by atoms with E-state index in [1.807, 2.05) is 0 Å². The lowest BCUT2D eigenvalue weighted by molar-refractivity contribution is -0.00787. The zero-order valence-electron chi connectivity index (χ0n) is 9.40. The molecule has 0 spiro atoms. The molecular formula is C13H15NOS. The van der Waals surface area contributed by atoms with Gasteiger partial charge in [0.25, 0.3) is 0 Å². The van der Waals surface area contributed by atoms with Crippen LogP contribution < -0.4 is 0 Å². The van der Waals surface area contributed by atoms with E-state index in [0.29, 0.717) is 0 Å². The summed E-state index contributed by atoms with van der Waals surface area (Å²) in [6.07, 6.45) is 3.27. The molecule has 1 aromatic carbocycles. The summed E-state index contributed by atoms with van der Waals surface area (Å²) < 4.78 is 5.74. The summed E-state index contributed by atoms with van der Waals surface area (Å²) in [6.45, 7) is 0. The molecule has 1 unspecified atom stereocenters. The lowest BCUT2D eigenvalue weighted by Gasteiger charge is -2.37. The van der Waals surface area contributed by atoms with Crippen molar-refractivity contribution >= 4 is 11.8 Å². The van der Waals surface area contributed by atoms with Gasteiger partial charge >= 0.3 is 0 Å². The Morgan fingerprint density at radius 1 is 1.50 bits per heavy atom. The molecule has 0 fully saturated rings. The highest BCUT2D eigenvalue weighted by Gasteiger charge is 2.36. The number of hydrogen-bond acceptors (Lipinski definition) is 3. The van der Waals surface area contributed by atoms with E-state index in [1.165, 1.54) is 22.9 Å². The normalized spacial score (nSPS) is 23.5. The van der Waals surface area contributed by atoms with Crippen molar-refractivity contribution in [3.8, 4) is 5.40 Å². The van der Waals surface area contributed by atoms with Gasteiger partial charge in [-0.15, -0.1) is 0 Å². The molecule has 1 aromatic rings. The van der Waals surface area contributed by atoms with Crippen LogP contribution in [0.4, 0.5) is 0 Å². The predicted octanol–water partition coefficient (Wildman–Crippen LogP) is 3.08. The second-order valence-electron chi connectivity index (χ2n) is 4.09. The molecule has 3 heteroatoms. The standard InChI is InChI=1S/C13H15NOS/c1-15-13(9-16-10-14)8-4-6-11-5-2-3-7-12(11)13/h2-3,5,7H,4,6,8-9H2,1H3. The Balaban J connectivity index is 2.37. The minimum atomic E-state index is -0.255. The Labute approximate surface area is 101 Å². The number of rotatable bonds is 3. The van der Waals surface area contributed by atoms with Crippen molar-refractivity contribution in [1.82, 2.24) is 0 Å². The SMILES string of the molecule is COC1(CSC#N)CCCc2ccccc21. The average molecular weight is 233 g/mol. The molecule has 0 aromatic heterocycles. The number of ether oxygens (including phenoxy) is 1. The van der Waals surface area contributed by atoms with Crippen molar-refractivity contribution in [3.05, 3.63) is 35.4 Å². The summed E-state index contributed by atoms with van der Waals surface area (Å²) in [7, 11) is 1.75. The van der Waals surface area contributed by atoms with Crippen LogP contribution in [0.2, 0.25) is 0 Å². The summed E-state index contributed by atoms with van der Waals surface area (Å²) in [5.74, 6) is 0.719. The molecule has 2 nitrogen and oxygen atoms in total. The van der Waals surface area contributed by atoms with Gasteiger partial charge in [-0.05, 0) is 42.2 Å². The fraction of sp³-hybridized carbons (Fsp3) is 0.462. The summed E-state index contributed by atoms with van der Waals surface area (Å²) >= 11 is 1.28. The smallest absolute Gasteiger partial charge is 0.133 e. The Bertz CT molecular complexity index is 413. The van der Waals surface area contributed by atoms with E-state index >= 15 is 0 Å². The van der Waals surface area contributed by atoms with E-state index in [2.05, 4.69) is 29.7 Å². The Kier molecular flexibility index (Phi) is 3.52. The van der Waals surface area contributed by atoms with E-state index in [-0.39, 0.29) is 5.60 Å². The van der Waals surface area contributed by atoms with Gasteiger partial charge in [0.05, 0.1) is 0 Å². The predicted molar refractivity (Wildman–Crippen MR) is 66.1 cm³/mol. The van der Waals surface area contributed by atoms with Crippen LogP contribution in [0.25, 0.3) is 0 Å². The molecule has 0 heterocycles. The van der Waals surface area contributed by atoms with Gasteiger partial charge in [0, 0.05) is 12.9 Å². The molecule has 16 heavy (non-hydrogen) atoms. The Hall–Kier alpha value is -0.980. The number of benzene rings is 1. The highest BCUT2D eigenvalue weighted by atomic mass is 32.2. The van der Waals surface area contributed by atoms with Crippen molar-refractivity contribution in [3.63, 3.8) is 0 Å². The first-order chi connectivity index (χ1) is 7.82. The van der Waals surface area contributed by atoms with E-state index in [4.69, 9.17) is 10.00 Å². The number of nitrogens with zero attached hydrogens (tertiary/aromatic N) is 1. The van der Waals surface area contributed by atoms with Gasteiger partial charge in [-0.1, -0.05) is 24.3 Å². The van der Waals surface area contributed by atoms with Gasteiger partial charge in [-0.25, -0.2) is 0 Å². The largest absolute Gasteiger partial charge is 0.373 e. The summed E-state index contributed by atoms with van der Waals surface area (Å²) in [5.41, 5.74) is 2.38. The van der Waals surface area contributed by atoms with E-state index in [9.17, 15) is 0 Å². The molecule has 1 aliphatic carbocycles. The third kappa shape index (κ3) is 1.95. The van der Waals surface area contributed by atoms with Crippen LogP contribution in [0.5, 0.6) is 0 Å². The van der Waals surface area contributed by atoms with Crippen LogP contribution in [-0.2, 0) is 16.8 Å². The number of hydrogen-bond donors (Lipinski definition) is 0. The Morgan fingerprint density at radius 3 is 3.06 bits per heavy atom. The number of thiocyanates is 1. The molecule has 2 rings (SSSR count).